The van der Waals surface area contributed by atoms with Crippen molar-refractivity contribution in [1.29, 1.82) is 0 Å². The van der Waals surface area contributed by atoms with E-state index in [4.69, 9.17) is 0 Å². The lowest BCUT2D eigenvalue weighted by atomic mass is 9.94. The van der Waals surface area contributed by atoms with Gasteiger partial charge >= 0.3 is 0 Å². The van der Waals surface area contributed by atoms with Crippen molar-refractivity contribution in [2.45, 2.75) is 45.6 Å². The Morgan fingerprint density at radius 3 is 3.06 bits per heavy atom. The maximum Gasteiger partial charge on any atom is 0.0331 e. The topological polar surface area (TPSA) is 12.0 Å². The number of hydrogen-bond acceptors (Lipinski definition) is 2. The second-order valence-corrected chi connectivity index (χ2v) is 7.04. The predicted molar refractivity (Wildman–Crippen MR) is 69.9 cm³/mol. The number of fused-ring (bicyclic) bond motifs is 1. The van der Waals surface area contributed by atoms with Crippen molar-refractivity contribution in [3.05, 3.63) is 21.9 Å². The first kappa shape index (κ1) is 10.8. The highest BCUT2D eigenvalue weighted by atomic mass is 32.1. The van der Waals surface area contributed by atoms with Crippen LogP contribution in [0, 0.1) is 11.3 Å². The van der Waals surface area contributed by atoms with Crippen LogP contribution in [0.15, 0.2) is 11.4 Å². The fourth-order valence-electron chi connectivity index (χ4n) is 2.91. The van der Waals surface area contributed by atoms with Crippen LogP contribution in [0.5, 0.6) is 0 Å². The molecule has 2 unspecified atom stereocenters. The fourth-order valence-corrected chi connectivity index (χ4v) is 3.90. The molecule has 0 saturated heterocycles. The Labute approximate surface area is 102 Å². The summed E-state index contributed by atoms with van der Waals surface area (Å²) in [6.07, 6.45) is 5.40. The maximum absolute atomic E-state index is 3.79. The van der Waals surface area contributed by atoms with E-state index in [2.05, 4.69) is 30.6 Å². The molecular weight excluding hydrogens is 214 g/mol. The molecule has 0 radical (unpaired) electrons. The smallest absolute Gasteiger partial charge is 0.0331 e. The van der Waals surface area contributed by atoms with Crippen molar-refractivity contribution in [1.82, 2.24) is 5.32 Å². The molecule has 0 amide bonds. The molecule has 2 aliphatic rings. The van der Waals surface area contributed by atoms with Crippen molar-refractivity contribution >= 4 is 11.3 Å². The minimum absolute atomic E-state index is 0.610. The van der Waals surface area contributed by atoms with Crippen LogP contribution in [0.1, 0.15) is 49.6 Å². The predicted octanol–water partition coefficient (Wildman–Crippen LogP) is 3.76. The lowest BCUT2D eigenvalue weighted by molar-refractivity contribution is 0.430. The Balaban J connectivity index is 1.61. The fraction of sp³-hybridized carbons (Fsp3) is 0.714. The highest BCUT2D eigenvalue weighted by Gasteiger charge is 2.45. The van der Waals surface area contributed by atoms with Gasteiger partial charge in [0.25, 0.3) is 0 Å². The Kier molecular flexibility index (Phi) is 2.60. The van der Waals surface area contributed by atoms with Gasteiger partial charge in [0.1, 0.15) is 0 Å². The van der Waals surface area contributed by atoms with Crippen LogP contribution in [0.3, 0.4) is 0 Å². The minimum atomic E-state index is 0.610. The summed E-state index contributed by atoms with van der Waals surface area (Å²) in [5.41, 5.74) is 2.20. The standard InChI is InChI=1S/C14H21NS/c1-14(2)8-10(14)9-15-12-4-3-5-13-11(12)6-7-16-13/h6-7,10,12,15H,3-5,8-9H2,1-2H3. The molecule has 3 rings (SSSR count). The average Bonchev–Trinajstić information content (AvgIpc) is 2.68. The Hall–Kier alpha value is -0.340. The van der Waals surface area contributed by atoms with Gasteiger partial charge in [-0.3, -0.25) is 0 Å². The second kappa shape index (κ2) is 3.85. The molecule has 1 heterocycles. The van der Waals surface area contributed by atoms with E-state index in [0.717, 1.165) is 5.92 Å². The maximum atomic E-state index is 3.79. The number of hydrogen-bond donors (Lipinski definition) is 1. The van der Waals surface area contributed by atoms with Crippen LogP contribution < -0.4 is 5.32 Å². The zero-order valence-corrected chi connectivity index (χ0v) is 11.1. The van der Waals surface area contributed by atoms with E-state index in [1.807, 2.05) is 11.3 Å². The van der Waals surface area contributed by atoms with E-state index in [0.29, 0.717) is 11.5 Å². The molecule has 88 valence electrons. The molecule has 1 N–H and O–H groups in total. The molecule has 0 bridgehead atoms. The normalized spacial score (nSPS) is 31.1. The Morgan fingerprint density at radius 1 is 1.50 bits per heavy atom. The van der Waals surface area contributed by atoms with E-state index >= 15 is 0 Å². The van der Waals surface area contributed by atoms with Gasteiger partial charge in [0.15, 0.2) is 0 Å². The van der Waals surface area contributed by atoms with Crippen molar-refractivity contribution in [2.24, 2.45) is 11.3 Å². The lowest BCUT2D eigenvalue weighted by Gasteiger charge is -2.24. The van der Waals surface area contributed by atoms with Crippen molar-refractivity contribution in [2.75, 3.05) is 6.54 Å². The van der Waals surface area contributed by atoms with E-state index in [9.17, 15) is 0 Å². The molecule has 0 spiro atoms. The molecule has 1 aromatic heterocycles. The van der Waals surface area contributed by atoms with Gasteiger partial charge in [0.05, 0.1) is 0 Å². The molecule has 1 fully saturated rings. The van der Waals surface area contributed by atoms with Gasteiger partial charge in [0, 0.05) is 10.9 Å². The highest BCUT2D eigenvalue weighted by Crippen LogP contribution is 2.51. The van der Waals surface area contributed by atoms with E-state index in [1.165, 1.54) is 32.2 Å². The molecule has 2 aliphatic carbocycles. The summed E-state index contributed by atoms with van der Waals surface area (Å²) < 4.78 is 0. The van der Waals surface area contributed by atoms with Gasteiger partial charge in [-0.05, 0) is 60.6 Å². The number of nitrogens with one attached hydrogen (secondary N) is 1. The Morgan fingerprint density at radius 2 is 2.31 bits per heavy atom. The molecule has 2 atom stereocenters. The van der Waals surface area contributed by atoms with Crippen molar-refractivity contribution in [3.63, 3.8) is 0 Å². The quantitative estimate of drug-likeness (QED) is 0.841. The first-order valence-corrected chi connectivity index (χ1v) is 7.34. The lowest BCUT2D eigenvalue weighted by Crippen LogP contribution is -2.26. The molecule has 1 aromatic rings. The summed E-state index contributed by atoms with van der Waals surface area (Å²) in [5.74, 6) is 0.913. The average molecular weight is 235 g/mol. The van der Waals surface area contributed by atoms with Gasteiger partial charge < -0.3 is 5.32 Å². The molecule has 16 heavy (non-hydrogen) atoms. The van der Waals surface area contributed by atoms with Crippen LogP contribution in [-0.4, -0.2) is 6.54 Å². The van der Waals surface area contributed by atoms with Crippen LogP contribution in [0.25, 0.3) is 0 Å². The molecule has 2 heteroatoms. The third-order valence-electron chi connectivity index (χ3n) is 4.38. The molecule has 1 saturated carbocycles. The summed E-state index contributed by atoms with van der Waals surface area (Å²) in [5, 5.41) is 6.04. The molecule has 1 nitrogen and oxygen atoms in total. The first-order valence-electron chi connectivity index (χ1n) is 6.46. The number of rotatable bonds is 3. The van der Waals surface area contributed by atoms with Crippen LogP contribution in [-0.2, 0) is 6.42 Å². The van der Waals surface area contributed by atoms with E-state index < -0.39 is 0 Å². The van der Waals surface area contributed by atoms with Crippen molar-refractivity contribution < 1.29 is 0 Å². The highest BCUT2D eigenvalue weighted by molar-refractivity contribution is 7.10. The summed E-state index contributed by atoms with van der Waals surface area (Å²) in [7, 11) is 0. The summed E-state index contributed by atoms with van der Waals surface area (Å²) in [6, 6.07) is 2.97. The number of aryl methyl sites for hydroxylation is 1. The van der Waals surface area contributed by atoms with E-state index in [1.54, 1.807) is 10.4 Å². The van der Waals surface area contributed by atoms with Gasteiger partial charge in [-0.15, -0.1) is 11.3 Å². The summed E-state index contributed by atoms with van der Waals surface area (Å²) in [4.78, 5) is 1.62. The summed E-state index contributed by atoms with van der Waals surface area (Å²) in [6.45, 7) is 5.99. The van der Waals surface area contributed by atoms with Crippen LogP contribution in [0.4, 0.5) is 0 Å². The number of thiophene rings is 1. The first-order chi connectivity index (χ1) is 7.67. The Bertz CT molecular complexity index is 380. The largest absolute Gasteiger partial charge is 0.310 e. The third kappa shape index (κ3) is 1.93. The molecule has 0 aromatic carbocycles. The third-order valence-corrected chi connectivity index (χ3v) is 5.38. The van der Waals surface area contributed by atoms with Gasteiger partial charge in [0.2, 0.25) is 0 Å². The van der Waals surface area contributed by atoms with E-state index in [-0.39, 0.29) is 0 Å². The van der Waals surface area contributed by atoms with Crippen molar-refractivity contribution in [3.8, 4) is 0 Å². The molecule has 0 aliphatic heterocycles. The minimum Gasteiger partial charge on any atom is -0.310 e. The van der Waals surface area contributed by atoms with Crippen LogP contribution >= 0.6 is 11.3 Å². The summed E-state index contributed by atoms with van der Waals surface area (Å²) >= 11 is 1.94. The van der Waals surface area contributed by atoms with Gasteiger partial charge in [-0.25, -0.2) is 0 Å². The zero-order valence-electron chi connectivity index (χ0n) is 10.3. The zero-order chi connectivity index (χ0) is 11.2. The van der Waals surface area contributed by atoms with Crippen LogP contribution in [0.2, 0.25) is 0 Å². The molecular formula is C14H21NS. The van der Waals surface area contributed by atoms with Gasteiger partial charge in [-0.1, -0.05) is 13.8 Å². The van der Waals surface area contributed by atoms with Gasteiger partial charge in [-0.2, -0.15) is 0 Å². The monoisotopic (exact) mass is 235 g/mol. The SMILES string of the molecule is CC1(C)CC1CNC1CCCc2sccc21. The second-order valence-electron chi connectivity index (χ2n) is 6.04.